The van der Waals surface area contributed by atoms with Gasteiger partial charge in [-0.3, -0.25) is 10.1 Å². The summed E-state index contributed by atoms with van der Waals surface area (Å²) in [5, 5.41) is 2.78. The SMILES string of the molecule is CCC(C(=O)Nc1nc2ccc(C)cc2o1)c1ccccc1. The number of carbonyl (C=O) groups excluding carboxylic acids is 1. The third-order valence-corrected chi connectivity index (χ3v) is 3.70. The Morgan fingerprint density at radius 1 is 1.23 bits per heavy atom. The third kappa shape index (κ3) is 2.86. The van der Waals surface area contributed by atoms with Gasteiger partial charge in [-0.15, -0.1) is 0 Å². The van der Waals surface area contributed by atoms with E-state index in [4.69, 9.17) is 4.42 Å². The summed E-state index contributed by atoms with van der Waals surface area (Å²) in [5.74, 6) is -0.310. The summed E-state index contributed by atoms with van der Waals surface area (Å²) in [6.07, 6.45) is 0.717. The third-order valence-electron chi connectivity index (χ3n) is 3.70. The van der Waals surface area contributed by atoms with Gasteiger partial charge in [0.2, 0.25) is 5.91 Å². The highest BCUT2D eigenvalue weighted by Gasteiger charge is 2.20. The van der Waals surface area contributed by atoms with E-state index in [1.807, 2.05) is 62.4 Å². The van der Waals surface area contributed by atoms with Crippen LogP contribution in [0.2, 0.25) is 0 Å². The highest BCUT2D eigenvalue weighted by molar-refractivity contribution is 5.95. The Hall–Kier alpha value is -2.62. The van der Waals surface area contributed by atoms with E-state index in [1.165, 1.54) is 0 Å². The van der Waals surface area contributed by atoms with Crippen LogP contribution in [0.1, 0.15) is 30.4 Å². The maximum atomic E-state index is 12.5. The summed E-state index contributed by atoms with van der Waals surface area (Å²) in [5.41, 5.74) is 3.52. The standard InChI is InChI=1S/C18H18N2O2/c1-3-14(13-7-5-4-6-8-13)17(21)20-18-19-15-10-9-12(2)11-16(15)22-18/h4-11,14H,3H2,1-2H3,(H,19,20,21). The van der Waals surface area contributed by atoms with E-state index in [0.717, 1.165) is 23.1 Å². The van der Waals surface area contributed by atoms with Crippen molar-refractivity contribution in [1.29, 1.82) is 0 Å². The summed E-state index contributed by atoms with van der Waals surface area (Å²) in [4.78, 5) is 16.8. The van der Waals surface area contributed by atoms with E-state index >= 15 is 0 Å². The number of anilines is 1. The van der Waals surface area contributed by atoms with E-state index in [-0.39, 0.29) is 17.8 Å². The van der Waals surface area contributed by atoms with Crippen LogP contribution in [0.25, 0.3) is 11.1 Å². The number of oxazole rings is 1. The molecule has 0 bridgehead atoms. The van der Waals surface area contributed by atoms with Crippen molar-refractivity contribution in [1.82, 2.24) is 4.98 Å². The number of fused-ring (bicyclic) bond motifs is 1. The van der Waals surface area contributed by atoms with Crippen molar-refractivity contribution in [3.05, 3.63) is 59.7 Å². The molecule has 0 aliphatic heterocycles. The van der Waals surface area contributed by atoms with Gasteiger partial charge in [-0.05, 0) is 36.6 Å². The van der Waals surface area contributed by atoms with Crippen LogP contribution in [0.4, 0.5) is 6.01 Å². The molecule has 1 atom stereocenters. The van der Waals surface area contributed by atoms with Gasteiger partial charge in [0.15, 0.2) is 5.58 Å². The first kappa shape index (κ1) is 14.3. The minimum Gasteiger partial charge on any atom is -0.423 e. The van der Waals surface area contributed by atoms with Crippen LogP contribution < -0.4 is 5.32 Å². The molecule has 1 heterocycles. The van der Waals surface area contributed by atoms with Gasteiger partial charge >= 0.3 is 6.01 Å². The number of hydrogen-bond acceptors (Lipinski definition) is 3. The lowest BCUT2D eigenvalue weighted by molar-refractivity contribution is -0.117. The van der Waals surface area contributed by atoms with Crippen molar-refractivity contribution in [2.24, 2.45) is 0 Å². The van der Waals surface area contributed by atoms with Crippen LogP contribution in [-0.2, 0) is 4.79 Å². The molecule has 0 spiro atoms. The average Bonchev–Trinajstić information content (AvgIpc) is 2.90. The molecule has 1 amide bonds. The lowest BCUT2D eigenvalue weighted by Gasteiger charge is -2.13. The Kier molecular flexibility index (Phi) is 3.92. The molecule has 0 radical (unpaired) electrons. The van der Waals surface area contributed by atoms with Crippen LogP contribution in [0.15, 0.2) is 52.9 Å². The number of nitrogens with one attached hydrogen (secondary N) is 1. The first-order chi connectivity index (χ1) is 10.7. The van der Waals surface area contributed by atoms with Gasteiger partial charge in [0, 0.05) is 0 Å². The van der Waals surface area contributed by atoms with Gasteiger partial charge in [-0.1, -0.05) is 43.3 Å². The maximum Gasteiger partial charge on any atom is 0.302 e. The van der Waals surface area contributed by atoms with Gasteiger partial charge in [0.05, 0.1) is 5.92 Å². The quantitative estimate of drug-likeness (QED) is 0.781. The highest BCUT2D eigenvalue weighted by atomic mass is 16.4. The first-order valence-corrected chi connectivity index (χ1v) is 7.40. The number of rotatable bonds is 4. The Labute approximate surface area is 129 Å². The van der Waals surface area contributed by atoms with E-state index in [9.17, 15) is 4.79 Å². The summed E-state index contributed by atoms with van der Waals surface area (Å²) < 4.78 is 5.61. The fourth-order valence-electron chi connectivity index (χ4n) is 2.54. The molecule has 4 heteroatoms. The van der Waals surface area contributed by atoms with E-state index in [1.54, 1.807) is 0 Å². The second kappa shape index (κ2) is 6.02. The predicted molar refractivity (Wildman–Crippen MR) is 86.8 cm³/mol. The van der Waals surface area contributed by atoms with Crippen molar-refractivity contribution in [2.75, 3.05) is 5.32 Å². The van der Waals surface area contributed by atoms with Crippen LogP contribution in [0.3, 0.4) is 0 Å². The van der Waals surface area contributed by atoms with Crippen molar-refractivity contribution in [3.8, 4) is 0 Å². The normalized spacial score (nSPS) is 12.3. The molecule has 0 fully saturated rings. The molecule has 0 saturated heterocycles. The number of carbonyl (C=O) groups is 1. The largest absolute Gasteiger partial charge is 0.423 e. The zero-order chi connectivity index (χ0) is 15.5. The number of nitrogens with zero attached hydrogens (tertiary/aromatic N) is 1. The van der Waals surface area contributed by atoms with Gasteiger partial charge < -0.3 is 4.42 Å². The van der Waals surface area contributed by atoms with Crippen molar-refractivity contribution in [2.45, 2.75) is 26.2 Å². The highest BCUT2D eigenvalue weighted by Crippen LogP contribution is 2.24. The first-order valence-electron chi connectivity index (χ1n) is 7.40. The van der Waals surface area contributed by atoms with E-state index < -0.39 is 0 Å². The fraction of sp³-hybridized carbons (Fsp3) is 0.222. The monoisotopic (exact) mass is 294 g/mol. The van der Waals surface area contributed by atoms with Gasteiger partial charge in [-0.25, -0.2) is 0 Å². The molecule has 3 rings (SSSR count). The molecule has 1 N–H and O–H groups in total. The summed E-state index contributed by atoms with van der Waals surface area (Å²) in [6, 6.07) is 15.8. The zero-order valence-electron chi connectivity index (χ0n) is 12.7. The molecule has 1 aromatic heterocycles. The smallest absolute Gasteiger partial charge is 0.302 e. The minimum atomic E-state index is -0.210. The molecule has 0 aliphatic rings. The maximum absolute atomic E-state index is 12.5. The van der Waals surface area contributed by atoms with Crippen molar-refractivity contribution < 1.29 is 9.21 Å². The molecular weight excluding hydrogens is 276 g/mol. The van der Waals surface area contributed by atoms with Gasteiger partial charge in [-0.2, -0.15) is 4.98 Å². The molecular formula is C18H18N2O2. The van der Waals surface area contributed by atoms with Gasteiger partial charge in [0.1, 0.15) is 5.52 Å². The lowest BCUT2D eigenvalue weighted by Crippen LogP contribution is -2.20. The lowest BCUT2D eigenvalue weighted by atomic mass is 9.96. The molecule has 112 valence electrons. The number of aryl methyl sites for hydroxylation is 1. The summed E-state index contributed by atoms with van der Waals surface area (Å²) >= 11 is 0. The molecule has 0 aliphatic carbocycles. The van der Waals surface area contributed by atoms with Crippen LogP contribution in [-0.4, -0.2) is 10.9 Å². The number of aromatic nitrogens is 1. The van der Waals surface area contributed by atoms with Gasteiger partial charge in [0.25, 0.3) is 0 Å². The van der Waals surface area contributed by atoms with Crippen molar-refractivity contribution in [3.63, 3.8) is 0 Å². The second-order valence-corrected chi connectivity index (χ2v) is 5.35. The Morgan fingerprint density at radius 2 is 2.00 bits per heavy atom. The van der Waals surface area contributed by atoms with E-state index in [0.29, 0.717) is 5.58 Å². The fourth-order valence-corrected chi connectivity index (χ4v) is 2.54. The molecule has 1 unspecified atom stereocenters. The molecule has 0 saturated carbocycles. The number of hydrogen-bond donors (Lipinski definition) is 1. The minimum absolute atomic E-state index is 0.100. The Balaban J connectivity index is 1.82. The molecule has 22 heavy (non-hydrogen) atoms. The van der Waals surface area contributed by atoms with Crippen molar-refractivity contribution >= 4 is 23.0 Å². The molecule has 2 aromatic carbocycles. The Morgan fingerprint density at radius 3 is 2.73 bits per heavy atom. The molecule has 4 nitrogen and oxygen atoms in total. The average molecular weight is 294 g/mol. The summed E-state index contributed by atoms with van der Waals surface area (Å²) in [7, 11) is 0. The number of amides is 1. The Bertz CT molecular complexity index is 793. The van der Waals surface area contributed by atoms with Crippen LogP contribution in [0.5, 0.6) is 0 Å². The van der Waals surface area contributed by atoms with Crippen LogP contribution in [0, 0.1) is 6.92 Å². The van der Waals surface area contributed by atoms with Crippen LogP contribution >= 0.6 is 0 Å². The zero-order valence-corrected chi connectivity index (χ0v) is 12.7. The molecule has 3 aromatic rings. The number of benzene rings is 2. The predicted octanol–water partition coefficient (Wildman–Crippen LogP) is 4.27. The van der Waals surface area contributed by atoms with E-state index in [2.05, 4.69) is 10.3 Å². The summed E-state index contributed by atoms with van der Waals surface area (Å²) in [6.45, 7) is 3.98. The second-order valence-electron chi connectivity index (χ2n) is 5.35. The topological polar surface area (TPSA) is 55.1 Å².